The monoisotopic (exact) mass is 463 g/mol. The minimum Gasteiger partial charge on any atom is -0.445 e. The third-order valence-corrected chi connectivity index (χ3v) is 6.09. The van der Waals surface area contributed by atoms with Crippen molar-refractivity contribution >= 4 is 6.09 Å². The zero-order valence-electron chi connectivity index (χ0n) is 20.3. The number of benzene rings is 2. The van der Waals surface area contributed by atoms with Crippen molar-refractivity contribution in [2.24, 2.45) is 0 Å². The molecule has 2 aromatic carbocycles. The van der Waals surface area contributed by atoms with E-state index in [0.29, 0.717) is 5.82 Å². The van der Waals surface area contributed by atoms with Crippen LogP contribution in [0.1, 0.15) is 69.3 Å². The highest BCUT2D eigenvalue weighted by Crippen LogP contribution is 2.24. The maximum Gasteiger partial charge on any atom is 0.408 e. The first-order valence-electron chi connectivity index (χ1n) is 12.3. The van der Waals surface area contributed by atoms with E-state index in [1.54, 1.807) is 13.1 Å². The maximum absolute atomic E-state index is 12.4. The van der Waals surface area contributed by atoms with Crippen LogP contribution in [0.2, 0.25) is 0 Å². The van der Waals surface area contributed by atoms with Gasteiger partial charge in [-0.25, -0.2) is 9.78 Å². The Morgan fingerprint density at radius 2 is 1.71 bits per heavy atom. The van der Waals surface area contributed by atoms with Gasteiger partial charge >= 0.3 is 6.09 Å². The molecule has 0 aliphatic heterocycles. The first kappa shape index (κ1) is 25.5. The van der Waals surface area contributed by atoms with Crippen molar-refractivity contribution < 1.29 is 14.6 Å². The fourth-order valence-corrected chi connectivity index (χ4v) is 3.87. The van der Waals surface area contributed by atoms with Crippen LogP contribution in [0.5, 0.6) is 0 Å². The highest BCUT2D eigenvalue weighted by molar-refractivity contribution is 5.68. The van der Waals surface area contributed by atoms with Gasteiger partial charge in [0.2, 0.25) is 0 Å². The predicted octanol–water partition coefficient (Wildman–Crippen LogP) is 6.11. The largest absolute Gasteiger partial charge is 0.445 e. The number of hydrogen-bond acceptors (Lipinski definition) is 4. The molecule has 6 nitrogen and oxygen atoms in total. The Hall–Kier alpha value is -3.12. The number of aliphatic hydroxyl groups is 1. The summed E-state index contributed by atoms with van der Waals surface area (Å²) < 4.78 is 5.31. The molecule has 1 aromatic heterocycles. The first-order chi connectivity index (χ1) is 16.5. The number of amides is 1. The molecule has 0 unspecified atom stereocenters. The zero-order chi connectivity index (χ0) is 24.2. The molecule has 0 saturated carbocycles. The lowest BCUT2D eigenvalue weighted by molar-refractivity contribution is 0.108. The molecule has 0 fully saturated rings. The summed E-state index contributed by atoms with van der Waals surface area (Å²) in [6.07, 6.45) is 9.98. The second kappa shape index (κ2) is 12.9. The fourth-order valence-electron chi connectivity index (χ4n) is 3.87. The molecule has 0 spiro atoms. The van der Waals surface area contributed by atoms with Crippen molar-refractivity contribution in [1.29, 1.82) is 0 Å². The molecule has 0 aliphatic rings. The Kier molecular flexibility index (Phi) is 9.71. The molecule has 0 radical (unpaired) electrons. The van der Waals surface area contributed by atoms with Crippen molar-refractivity contribution in [2.45, 2.75) is 70.9 Å². The summed E-state index contributed by atoms with van der Waals surface area (Å²) in [5, 5.41) is 12.7. The number of carbonyl (C=O) groups excluding carboxylic acids is 1. The molecule has 1 atom stereocenters. The van der Waals surface area contributed by atoms with Gasteiger partial charge in [-0.2, -0.15) is 0 Å². The number of nitrogens with one attached hydrogen (secondary N) is 2. The highest BCUT2D eigenvalue weighted by atomic mass is 16.5. The Morgan fingerprint density at radius 1 is 1.00 bits per heavy atom. The van der Waals surface area contributed by atoms with Gasteiger partial charge in [-0.05, 0) is 36.5 Å². The average Bonchev–Trinajstić information content (AvgIpc) is 3.37. The molecule has 182 valence electrons. The summed E-state index contributed by atoms with van der Waals surface area (Å²) in [5.41, 5.74) is 2.98. The van der Waals surface area contributed by atoms with Gasteiger partial charge in [0.1, 0.15) is 18.0 Å². The lowest BCUT2D eigenvalue weighted by Gasteiger charge is -2.26. The summed E-state index contributed by atoms with van der Waals surface area (Å²) >= 11 is 0. The van der Waals surface area contributed by atoms with E-state index in [4.69, 9.17) is 4.74 Å². The Morgan fingerprint density at radius 3 is 2.41 bits per heavy atom. The van der Waals surface area contributed by atoms with Crippen LogP contribution in [0, 0.1) is 0 Å². The van der Waals surface area contributed by atoms with E-state index in [9.17, 15) is 9.90 Å². The van der Waals surface area contributed by atoms with Gasteiger partial charge in [-0.3, -0.25) is 0 Å². The zero-order valence-corrected chi connectivity index (χ0v) is 20.3. The summed E-state index contributed by atoms with van der Waals surface area (Å²) in [6, 6.07) is 17.9. The number of H-pyrrole nitrogens is 1. The van der Waals surface area contributed by atoms with Crippen molar-refractivity contribution in [3.63, 3.8) is 0 Å². The summed E-state index contributed by atoms with van der Waals surface area (Å²) in [7, 11) is 0. The molecule has 3 rings (SSSR count). The number of unbranched alkanes of at least 4 members (excludes halogenated alkanes) is 5. The van der Waals surface area contributed by atoms with Gasteiger partial charge in [0.05, 0.1) is 18.5 Å². The summed E-state index contributed by atoms with van der Waals surface area (Å²) in [4.78, 5) is 20.0. The van der Waals surface area contributed by atoms with Crippen LogP contribution in [-0.2, 0) is 23.3 Å². The minimum atomic E-state index is -1.09. The number of carbonyl (C=O) groups is 1. The van der Waals surface area contributed by atoms with Gasteiger partial charge in [-0.15, -0.1) is 0 Å². The van der Waals surface area contributed by atoms with E-state index in [2.05, 4.69) is 46.5 Å². The van der Waals surface area contributed by atoms with E-state index in [1.807, 2.05) is 30.3 Å². The Labute approximate surface area is 202 Å². The Balaban J connectivity index is 1.55. The number of aliphatic hydroxyl groups excluding tert-OH is 1. The molecule has 34 heavy (non-hydrogen) atoms. The number of aromatic nitrogens is 2. The van der Waals surface area contributed by atoms with Crippen LogP contribution in [-0.4, -0.2) is 27.8 Å². The predicted molar refractivity (Wildman–Crippen MR) is 135 cm³/mol. The normalized spacial score (nSPS) is 12.8. The average molecular weight is 464 g/mol. The number of imidazole rings is 1. The maximum atomic E-state index is 12.4. The molecular weight excluding hydrogens is 426 g/mol. The lowest BCUT2D eigenvalue weighted by Crippen LogP contribution is -2.47. The van der Waals surface area contributed by atoms with Crippen molar-refractivity contribution in [2.75, 3.05) is 6.61 Å². The first-order valence-corrected chi connectivity index (χ1v) is 12.3. The number of hydrogen-bond donors (Lipinski definition) is 3. The smallest absolute Gasteiger partial charge is 0.408 e. The van der Waals surface area contributed by atoms with Crippen molar-refractivity contribution in [3.05, 3.63) is 77.7 Å². The van der Waals surface area contributed by atoms with Crippen LogP contribution >= 0.6 is 0 Å². The number of aryl methyl sites for hydroxylation is 1. The molecule has 0 aliphatic carbocycles. The molecular formula is C28H37N3O3. The minimum absolute atomic E-state index is 0.155. The molecule has 3 aromatic rings. The molecule has 6 heteroatoms. The van der Waals surface area contributed by atoms with Crippen LogP contribution in [0.3, 0.4) is 0 Å². The fraction of sp³-hybridized carbons (Fsp3) is 0.429. The molecule has 1 heterocycles. The molecule has 0 saturated heterocycles. The Bertz CT molecular complexity index is 1000. The van der Waals surface area contributed by atoms with Crippen LogP contribution in [0.4, 0.5) is 4.79 Å². The van der Waals surface area contributed by atoms with E-state index in [0.717, 1.165) is 23.2 Å². The second-order valence-electron chi connectivity index (χ2n) is 9.04. The van der Waals surface area contributed by atoms with E-state index in [-0.39, 0.29) is 13.2 Å². The standard InChI is InChI=1S/C28H37N3O3/c1-3-4-5-6-7-9-12-22-15-17-24(18-16-22)25-19-29-26(30-25)28(2,21-32)31-27(33)34-20-23-13-10-8-11-14-23/h8,10-11,13-19,32H,3-7,9,12,20-21H2,1-2H3,(H,29,30)(H,31,33)/t28-/m0/s1. The topological polar surface area (TPSA) is 87.2 Å². The van der Waals surface area contributed by atoms with Gasteiger partial charge in [0.25, 0.3) is 0 Å². The second-order valence-corrected chi connectivity index (χ2v) is 9.04. The van der Waals surface area contributed by atoms with Gasteiger partial charge < -0.3 is 20.1 Å². The molecule has 0 bridgehead atoms. The quantitative estimate of drug-likeness (QED) is 0.267. The third kappa shape index (κ3) is 7.45. The molecule has 3 N–H and O–H groups in total. The van der Waals surface area contributed by atoms with E-state index in [1.165, 1.54) is 44.1 Å². The number of nitrogens with zero attached hydrogens (tertiary/aromatic N) is 1. The third-order valence-electron chi connectivity index (χ3n) is 6.09. The van der Waals surface area contributed by atoms with Gasteiger partial charge in [-0.1, -0.05) is 93.6 Å². The lowest BCUT2D eigenvalue weighted by atomic mass is 10.0. The SMILES string of the molecule is CCCCCCCCc1ccc(-c2cnc([C@](C)(CO)NC(=O)OCc3ccccc3)[nH]2)cc1. The molecule has 1 amide bonds. The van der Waals surface area contributed by atoms with Gasteiger partial charge in [0.15, 0.2) is 0 Å². The van der Waals surface area contributed by atoms with Crippen LogP contribution in [0.15, 0.2) is 60.8 Å². The number of aromatic amines is 1. The van der Waals surface area contributed by atoms with Crippen LogP contribution < -0.4 is 5.32 Å². The van der Waals surface area contributed by atoms with Gasteiger partial charge in [0, 0.05) is 0 Å². The van der Waals surface area contributed by atoms with Crippen molar-refractivity contribution in [3.8, 4) is 11.3 Å². The van der Waals surface area contributed by atoms with E-state index >= 15 is 0 Å². The van der Waals surface area contributed by atoms with Crippen molar-refractivity contribution in [1.82, 2.24) is 15.3 Å². The summed E-state index contributed by atoms with van der Waals surface area (Å²) in [6.45, 7) is 3.79. The number of rotatable bonds is 13. The van der Waals surface area contributed by atoms with E-state index < -0.39 is 11.6 Å². The number of alkyl carbamates (subject to hydrolysis) is 1. The number of ether oxygens (including phenoxy) is 1. The van der Waals surface area contributed by atoms with Crippen LogP contribution in [0.25, 0.3) is 11.3 Å². The highest BCUT2D eigenvalue weighted by Gasteiger charge is 2.32. The summed E-state index contributed by atoms with van der Waals surface area (Å²) in [5.74, 6) is 0.470.